The molecule has 3 unspecified atom stereocenters. The number of nitrogens with one attached hydrogen (secondary N) is 1. The Hall–Kier alpha value is -0.0400. The van der Waals surface area contributed by atoms with Crippen LogP contribution < -0.4 is 5.32 Å². The van der Waals surface area contributed by atoms with Crippen molar-refractivity contribution in [1.82, 2.24) is 5.32 Å². The van der Waals surface area contributed by atoms with Crippen LogP contribution in [0.3, 0.4) is 0 Å². The van der Waals surface area contributed by atoms with Gasteiger partial charge in [0, 0.05) is 12.1 Å². The van der Waals surface area contributed by atoms with Gasteiger partial charge in [-0.25, -0.2) is 0 Å². The predicted octanol–water partition coefficient (Wildman–Crippen LogP) is 2.42. The Labute approximate surface area is 70.6 Å². The second-order valence-electron chi connectivity index (χ2n) is 4.36. The summed E-state index contributed by atoms with van der Waals surface area (Å²) in [5, 5.41) is 3.67. The smallest absolute Gasteiger partial charge is 0.00927 e. The predicted molar refractivity (Wildman–Crippen MR) is 49.6 cm³/mol. The summed E-state index contributed by atoms with van der Waals surface area (Å²) >= 11 is 0. The molecule has 0 aromatic carbocycles. The van der Waals surface area contributed by atoms with E-state index in [1.54, 1.807) is 0 Å². The van der Waals surface area contributed by atoms with Crippen LogP contribution in [0, 0.1) is 11.8 Å². The molecule has 1 rings (SSSR count). The second kappa shape index (κ2) is 3.57. The van der Waals surface area contributed by atoms with E-state index in [2.05, 4.69) is 33.0 Å². The Morgan fingerprint density at radius 1 is 1.18 bits per heavy atom. The van der Waals surface area contributed by atoms with E-state index in [9.17, 15) is 0 Å². The lowest BCUT2D eigenvalue weighted by Gasteiger charge is -2.35. The third kappa shape index (κ3) is 2.19. The maximum atomic E-state index is 3.67. The maximum absolute atomic E-state index is 3.67. The third-order valence-corrected chi connectivity index (χ3v) is 3.07. The molecule has 0 aliphatic carbocycles. The fraction of sp³-hybridized carbons (Fsp3) is 1.00. The van der Waals surface area contributed by atoms with Gasteiger partial charge >= 0.3 is 0 Å². The molecular weight excluding hydrogens is 134 g/mol. The average Bonchev–Trinajstić information content (AvgIpc) is 1.94. The van der Waals surface area contributed by atoms with Crippen molar-refractivity contribution in [1.29, 1.82) is 0 Å². The lowest BCUT2D eigenvalue weighted by Crippen LogP contribution is -2.47. The number of hydrogen-bond donors (Lipinski definition) is 1. The van der Waals surface area contributed by atoms with Crippen LogP contribution in [0.2, 0.25) is 0 Å². The third-order valence-electron chi connectivity index (χ3n) is 3.07. The van der Waals surface area contributed by atoms with Gasteiger partial charge in [0.25, 0.3) is 0 Å². The highest BCUT2D eigenvalue weighted by molar-refractivity contribution is 4.83. The highest BCUT2D eigenvalue weighted by Crippen LogP contribution is 2.22. The van der Waals surface area contributed by atoms with Crippen LogP contribution >= 0.6 is 0 Å². The average molecular weight is 155 g/mol. The molecule has 66 valence electrons. The Bertz CT molecular complexity index is 120. The fourth-order valence-corrected chi connectivity index (χ4v) is 1.80. The SMILES string of the molecule is CC(C)C1CCC(C)C(C)N1. The fourth-order valence-electron chi connectivity index (χ4n) is 1.80. The standard InChI is InChI=1S/C10H21N/c1-7(2)10-6-5-8(3)9(4)11-10/h7-11H,5-6H2,1-4H3. The van der Waals surface area contributed by atoms with E-state index in [1.165, 1.54) is 12.8 Å². The van der Waals surface area contributed by atoms with Gasteiger partial charge in [0.05, 0.1) is 0 Å². The minimum Gasteiger partial charge on any atom is -0.311 e. The summed E-state index contributed by atoms with van der Waals surface area (Å²) in [7, 11) is 0. The first-order valence-electron chi connectivity index (χ1n) is 4.87. The Balaban J connectivity index is 2.40. The van der Waals surface area contributed by atoms with E-state index in [1.807, 2.05) is 0 Å². The molecule has 11 heavy (non-hydrogen) atoms. The molecule has 1 aliphatic heterocycles. The van der Waals surface area contributed by atoms with Crippen molar-refractivity contribution in [2.75, 3.05) is 0 Å². The first kappa shape index (κ1) is 9.05. The van der Waals surface area contributed by atoms with Crippen molar-refractivity contribution in [3.05, 3.63) is 0 Å². The van der Waals surface area contributed by atoms with Gasteiger partial charge in [0.1, 0.15) is 0 Å². The van der Waals surface area contributed by atoms with E-state index in [4.69, 9.17) is 0 Å². The molecule has 0 aromatic rings. The lowest BCUT2D eigenvalue weighted by atomic mass is 9.86. The van der Waals surface area contributed by atoms with Crippen LogP contribution in [0.5, 0.6) is 0 Å². The van der Waals surface area contributed by atoms with Gasteiger partial charge in [-0.15, -0.1) is 0 Å². The van der Waals surface area contributed by atoms with Crippen molar-refractivity contribution in [3.8, 4) is 0 Å². The van der Waals surface area contributed by atoms with Crippen LogP contribution in [0.1, 0.15) is 40.5 Å². The highest BCUT2D eigenvalue weighted by atomic mass is 15.0. The molecule has 0 saturated carbocycles. The molecule has 1 saturated heterocycles. The van der Waals surface area contributed by atoms with Gasteiger partial charge in [-0.05, 0) is 31.6 Å². The van der Waals surface area contributed by atoms with E-state index in [0.717, 1.165) is 23.9 Å². The zero-order valence-electron chi connectivity index (χ0n) is 8.22. The Kier molecular flexibility index (Phi) is 2.94. The van der Waals surface area contributed by atoms with Crippen molar-refractivity contribution < 1.29 is 0 Å². The van der Waals surface area contributed by atoms with Crippen molar-refractivity contribution in [2.24, 2.45) is 11.8 Å². The van der Waals surface area contributed by atoms with Crippen molar-refractivity contribution in [3.63, 3.8) is 0 Å². The molecule has 1 nitrogen and oxygen atoms in total. The molecule has 1 aliphatic rings. The quantitative estimate of drug-likeness (QED) is 0.613. The van der Waals surface area contributed by atoms with Gasteiger partial charge in [0.15, 0.2) is 0 Å². The lowest BCUT2D eigenvalue weighted by molar-refractivity contribution is 0.221. The van der Waals surface area contributed by atoms with Gasteiger partial charge < -0.3 is 5.32 Å². The molecule has 3 atom stereocenters. The minimum atomic E-state index is 0.719. The summed E-state index contributed by atoms with van der Waals surface area (Å²) in [6, 6.07) is 1.48. The number of piperidine rings is 1. The molecule has 0 aromatic heterocycles. The molecular formula is C10H21N. The van der Waals surface area contributed by atoms with Crippen molar-refractivity contribution in [2.45, 2.75) is 52.6 Å². The largest absolute Gasteiger partial charge is 0.311 e. The normalized spacial score (nSPS) is 39.5. The van der Waals surface area contributed by atoms with Gasteiger partial charge in [-0.3, -0.25) is 0 Å². The van der Waals surface area contributed by atoms with Crippen LogP contribution in [0.4, 0.5) is 0 Å². The maximum Gasteiger partial charge on any atom is 0.00927 e. The molecule has 0 spiro atoms. The van der Waals surface area contributed by atoms with E-state index >= 15 is 0 Å². The molecule has 1 heterocycles. The Morgan fingerprint density at radius 2 is 1.82 bits per heavy atom. The minimum absolute atomic E-state index is 0.719. The molecule has 0 radical (unpaired) electrons. The molecule has 1 N–H and O–H groups in total. The molecule has 0 amide bonds. The van der Waals surface area contributed by atoms with Gasteiger partial charge in [-0.1, -0.05) is 20.8 Å². The van der Waals surface area contributed by atoms with E-state index in [-0.39, 0.29) is 0 Å². The highest BCUT2D eigenvalue weighted by Gasteiger charge is 2.24. The second-order valence-corrected chi connectivity index (χ2v) is 4.36. The first-order chi connectivity index (χ1) is 5.11. The Morgan fingerprint density at radius 3 is 2.27 bits per heavy atom. The monoisotopic (exact) mass is 155 g/mol. The van der Waals surface area contributed by atoms with E-state index in [0.29, 0.717) is 0 Å². The van der Waals surface area contributed by atoms with Gasteiger partial charge in [0.2, 0.25) is 0 Å². The number of hydrogen-bond acceptors (Lipinski definition) is 1. The summed E-state index contributed by atoms with van der Waals surface area (Å²) in [4.78, 5) is 0. The summed E-state index contributed by atoms with van der Waals surface area (Å²) in [6.07, 6.45) is 2.76. The van der Waals surface area contributed by atoms with Crippen molar-refractivity contribution >= 4 is 0 Å². The first-order valence-corrected chi connectivity index (χ1v) is 4.87. The summed E-state index contributed by atoms with van der Waals surface area (Å²) < 4.78 is 0. The van der Waals surface area contributed by atoms with Crippen LogP contribution in [0.25, 0.3) is 0 Å². The van der Waals surface area contributed by atoms with Crippen LogP contribution in [-0.4, -0.2) is 12.1 Å². The van der Waals surface area contributed by atoms with E-state index < -0.39 is 0 Å². The zero-order chi connectivity index (χ0) is 8.43. The summed E-state index contributed by atoms with van der Waals surface area (Å²) in [5.74, 6) is 1.66. The molecule has 1 fully saturated rings. The molecule has 0 bridgehead atoms. The van der Waals surface area contributed by atoms with Gasteiger partial charge in [-0.2, -0.15) is 0 Å². The van der Waals surface area contributed by atoms with Crippen LogP contribution in [0.15, 0.2) is 0 Å². The summed E-state index contributed by atoms with van der Waals surface area (Å²) in [6.45, 7) is 9.26. The number of rotatable bonds is 1. The van der Waals surface area contributed by atoms with Crippen LogP contribution in [-0.2, 0) is 0 Å². The molecule has 1 heteroatoms. The summed E-state index contributed by atoms with van der Waals surface area (Å²) in [5.41, 5.74) is 0. The topological polar surface area (TPSA) is 12.0 Å². The zero-order valence-corrected chi connectivity index (χ0v) is 8.22.